The topological polar surface area (TPSA) is 73.1 Å². The largest absolute Gasteiger partial charge is 0.370 e. The van der Waals surface area contributed by atoms with Crippen LogP contribution in [-0.2, 0) is 11.8 Å². The Kier molecular flexibility index (Phi) is 5.47. The van der Waals surface area contributed by atoms with Gasteiger partial charge in [-0.1, -0.05) is 18.2 Å². The van der Waals surface area contributed by atoms with Crippen molar-refractivity contribution in [3.05, 3.63) is 95.3 Å². The number of ether oxygens (including phenoxy) is 1. The van der Waals surface area contributed by atoms with Crippen LogP contribution in [0.1, 0.15) is 11.7 Å². The highest BCUT2D eigenvalue weighted by Crippen LogP contribution is 2.29. The van der Waals surface area contributed by atoms with Crippen LogP contribution in [0.3, 0.4) is 0 Å². The zero-order valence-electron chi connectivity index (χ0n) is 17.8. The molecule has 0 bridgehead atoms. The lowest BCUT2D eigenvalue weighted by Gasteiger charge is -2.34. The Balaban J connectivity index is 1.45. The monoisotopic (exact) mass is 425 g/mol. The van der Waals surface area contributed by atoms with Crippen LogP contribution in [0.4, 0.5) is 5.95 Å². The molecular formula is C25H23N5O2. The van der Waals surface area contributed by atoms with Gasteiger partial charge in [0.15, 0.2) is 0 Å². The summed E-state index contributed by atoms with van der Waals surface area (Å²) in [6.45, 7) is 1.83. The molecule has 1 atom stereocenters. The number of anilines is 1. The highest BCUT2D eigenvalue weighted by molar-refractivity contribution is 5.64. The molecule has 1 saturated heterocycles. The minimum absolute atomic E-state index is 0.0930. The first-order valence-corrected chi connectivity index (χ1v) is 10.5. The molecule has 1 aromatic carbocycles. The number of nitrogens with zero attached hydrogens (tertiary/aromatic N) is 5. The molecule has 0 N–H and O–H groups in total. The zero-order valence-corrected chi connectivity index (χ0v) is 17.8. The summed E-state index contributed by atoms with van der Waals surface area (Å²) >= 11 is 0. The molecule has 32 heavy (non-hydrogen) atoms. The number of morpholine rings is 1. The molecule has 4 aromatic rings. The van der Waals surface area contributed by atoms with Gasteiger partial charge >= 0.3 is 0 Å². The number of pyridine rings is 2. The minimum Gasteiger partial charge on any atom is -0.370 e. The van der Waals surface area contributed by atoms with Crippen LogP contribution in [-0.4, -0.2) is 39.2 Å². The summed E-state index contributed by atoms with van der Waals surface area (Å²) in [6.07, 6.45) is 6.88. The molecule has 0 saturated carbocycles. The van der Waals surface area contributed by atoms with E-state index in [2.05, 4.69) is 33.1 Å². The first kappa shape index (κ1) is 20.1. The molecule has 3 aromatic heterocycles. The van der Waals surface area contributed by atoms with Crippen LogP contribution in [0.5, 0.6) is 0 Å². The van der Waals surface area contributed by atoms with Crippen molar-refractivity contribution in [2.24, 2.45) is 7.05 Å². The molecular weight excluding hydrogens is 402 g/mol. The van der Waals surface area contributed by atoms with Crippen LogP contribution < -0.4 is 10.5 Å². The molecule has 7 nitrogen and oxygen atoms in total. The number of benzene rings is 1. The van der Waals surface area contributed by atoms with Crippen LogP contribution in [0, 0.1) is 0 Å². The third kappa shape index (κ3) is 4.02. The van der Waals surface area contributed by atoms with E-state index in [0.29, 0.717) is 31.3 Å². The summed E-state index contributed by atoms with van der Waals surface area (Å²) in [5.41, 5.74) is 4.75. The summed E-state index contributed by atoms with van der Waals surface area (Å²) in [5, 5.41) is 0. The summed E-state index contributed by atoms with van der Waals surface area (Å²) in [4.78, 5) is 27.8. The molecule has 1 unspecified atom stereocenters. The maximum absolute atomic E-state index is 12.7. The lowest BCUT2D eigenvalue weighted by atomic mass is 10.0. The summed E-state index contributed by atoms with van der Waals surface area (Å²) in [5.74, 6) is 0.642. The van der Waals surface area contributed by atoms with E-state index in [1.54, 1.807) is 42.5 Å². The van der Waals surface area contributed by atoms with Crippen LogP contribution >= 0.6 is 0 Å². The minimum atomic E-state index is -0.118. The second-order valence-electron chi connectivity index (χ2n) is 7.74. The summed E-state index contributed by atoms with van der Waals surface area (Å²) in [6, 6.07) is 17.6. The third-order valence-corrected chi connectivity index (χ3v) is 5.71. The van der Waals surface area contributed by atoms with E-state index in [1.165, 1.54) is 0 Å². The Morgan fingerprint density at radius 2 is 1.62 bits per heavy atom. The van der Waals surface area contributed by atoms with E-state index in [-0.39, 0.29) is 11.7 Å². The van der Waals surface area contributed by atoms with Crippen LogP contribution in [0.25, 0.3) is 22.4 Å². The van der Waals surface area contributed by atoms with Gasteiger partial charge in [-0.3, -0.25) is 19.3 Å². The molecule has 0 amide bonds. The third-order valence-electron chi connectivity index (χ3n) is 5.71. The van der Waals surface area contributed by atoms with E-state index in [4.69, 9.17) is 9.72 Å². The van der Waals surface area contributed by atoms with Crippen molar-refractivity contribution in [1.82, 2.24) is 19.5 Å². The van der Waals surface area contributed by atoms with Crippen molar-refractivity contribution in [2.45, 2.75) is 6.10 Å². The van der Waals surface area contributed by atoms with E-state index in [0.717, 1.165) is 22.3 Å². The number of aromatic nitrogens is 4. The fourth-order valence-electron chi connectivity index (χ4n) is 3.98. The van der Waals surface area contributed by atoms with Gasteiger partial charge in [0.05, 0.1) is 18.8 Å². The van der Waals surface area contributed by atoms with Crippen molar-refractivity contribution in [3.63, 3.8) is 0 Å². The quantitative estimate of drug-likeness (QED) is 0.498. The summed E-state index contributed by atoms with van der Waals surface area (Å²) < 4.78 is 7.71. The highest BCUT2D eigenvalue weighted by atomic mass is 16.5. The second-order valence-corrected chi connectivity index (χ2v) is 7.74. The predicted octanol–water partition coefficient (Wildman–Crippen LogP) is 3.48. The number of rotatable bonds is 4. The number of hydrogen-bond acceptors (Lipinski definition) is 6. The van der Waals surface area contributed by atoms with Crippen LogP contribution in [0.2, 0.25) is 0 Å². The Morgan fingerprint density at radius 3 is 2.38 bits per heavy atom. The van der Waals surface area contributed by atoms with E-state index in [9.17, 15) is 4.79 Å². The molecule has 7 heteroatoms. The van der Waals surface area contributed by atoms with Gasteiger partial charge < -0.3 is 9.64 Å². The van der Waals surface area contributed by atoms with Crippen molar-refractivity contribution < 1.29 is 4.74 Å². The molecule has 0 aliphatic carbocycles. The van der Waals surface area contributed by atoms with Gasteiger partial charge in [0.25, 0.3) is 5.56 Å². The lowest BCUT2D eigenvalue weighted by molar-refractivity contribution is 0.0390. The Morgan fingerprint density at radius 1 is 0.906 bits per heavy atom. The van der Waals surface area contributed by atoms with Crippen LogP contribution in [0.15, 0.2) is 84.2 Å². The predicted molar refractivity (Wildman–Crippen MR) is 123 cm³/mol. The average molecular weight is 425 g/mol. The van der Waals surface area contributed by atoms with Gasteiger partial charge in [-0.25, -0.2) is 4.98 Å². The zero-order chi connectivity index (χ0) is 21.9. The first-order chi connectivity index (χ1) is 15.7. The van der Waals surface area contributed by atoms with Crippen molar-refractivity contribution in [1.29, 1.82) is 0 Å². The van der Waals surface area contributed by atoms with Gasteiger partial charge in [-0.05, 0) is 47.0 Å². The van der Waals surface area contributed by atoms with Gasteiger partial charge in [-0.15, -0.1) is 0 Å². The van der Waals surface area contributed by atoms with Crippen molar-refractivity contribution in [2.75, 3.05) is 24.6 Å². The second kappa shape index (κ2) is 8.72. The maximum Gasteiger partial charge on any atom is 0.255 e. The standard InChI is InChI=1S/C25H23N5O2/c1-29-24(31)16-22(19-7-11-27-12-8-19)28-25(29)30-13-14-32-23(17-30)21-4-2-3-20(15-21)18-5-9-26-10-6-18/h2-12,15-16,23H,13-14,17H2,1H3. The van der Waals surface area contributed by atoms with E-state index < -0.39 is 0 Å². The fourth-order valence-corrected chi connectivity index (χ4v) is 3.98. The Labute approximate surface area is 186 Å². The highest BCUT2D eigenvalue weighted by Gasteiger charge is 2.25. The first-order valence-electron chi connectivity index (χ1n) is 10.5. The molecule has 4 heterocycles. The summed E-state index contributed by atoms with van der Waals surface area (Å²) in [7, 11) is 1.76. The molecule has 5 rings (SSSR count). The van der Waals surface area contributed by atoms with Crippen molar-refractivity contribution in [3.8, 4) is 22.4 Å². The SMILES string of the molecule is Cn1c(N2CCOC(c3cccc(-c4ccncc4)c3)C2)nc(-c2ccncc2)cc1=O. The van der Waals surface area contributed by atoms with Gasteiger partial charge in [-0.2, -0.15) is 0 Å². The van der Waals surface area contributed by atoms with E-state index >= 15 is 0 Å². The normalized spacial score (nSPS) is 16.2. The van der Waals surface area contributed by atoms with Gasteiger partial charge in [0, 0.05) is 50.0 Å². The molecule has 1 fully saturated rings. The number of hydrogen-bond donors (Lipinski definition) is 0. The fraction of sp³-hybridized carbons (Fsp3) is 0.200. The smallest absolute Gasteiger partial charge is 0.255 e. The molecule has 1 aliphatic heterocycles. The van der Waals surface area contributed by atoms with Gasteiger partial charge in [0.1, 0.15) is 6.10 Å². The average Bonchev–Trinajstić information content (AvgIpc) is 2.87. The van der Waals surface area contributed by atoms with Crippen molar-refractivity contribution >= 4 is 5.95 Å². The lowest BCUT2D eigenvalue weighted by Crippen LogP contribution is -2.41. The molecule has 1 aliphatic rings. The van der Waals surface area contributed by atoms with Gasteiger partial charge in [0.2, 0.25) is 5.95 Å². The molecule has 160 valence electrons. The Hall–Kier alpha value is -3.84. The van der Waals surface area contributed by atoms with E-state index in [1.807, 2.05) is 30.3 Å². The molecule has 0 radical (unpaired) electrons. The maximum atomic E-state index is 12.7. The Bertz CT molecular complexity index is 1270. The molecule has 0 spiro atoms.